The molecule has 0 saturated carbocycles. The van der Waals surface area contributed by atoms with E-state index in [0.717, 1.165) is 16.1 Å². The lowest BCUT2D eigenvalue weighted by molar-refractivity contribution is -0.117. The zero-order chi connectivity index (χ0) is 12.7. The van der Waals surface area contributed by atoms with Gasteiger partial charge in [-0.25, -0.2) is 0 Å². The van der Waals surface area contributed by atoms with Crippen LogP contribution in [0.5, 0.6) is 0 Å². The van der Waals surface area contributed by atoms with Crippen molar-refractivity contribution in [2.75, 3.05) is 13.2 Å². The smallest absolute Gasteiger partial charge is 0.156 e. The number of benzene rings is 1. The van der Waals surface area contributed by atoms with Gasteiger partial charge in [0.2, 0.25) is 0 Å². The summed E-state index contributed by atoms with van der Waals surface area (Å²) < 4.78 is 10.6. The Labute approximate surface area is 108 Å². The summed E-state index contributed by atoms with van der Waals surface area (Å²) in [6, 6.07) is 5.71. The highest BCUT2D eigenvalue weighted by Crippen LogP contribution is 2.15. The Bertz CT molecular complexity index is 418. The molecular weight excluding hydrogens is 236 g/mol. The lowest BCUT2D eigenvalue weighted by atomic mass is 10.1. The van der Waals surface area contributed by atoms with Crippen LogP contribution in [0, 0.1) is 18.8 Å². The highest BCUT2D eigenvalue weighted by molar-refractivity contribution is 6.31. The van der Waals surface area contributed by atoms with Gasteiger partial charge >= 0.3 is 0 Å². The number of rotatable bonds is 4. The molecule has 0 saturated heterocycles. The molecule has 0 amide bonds. The van der Waals surface area contributed by atoms with Crippen LogP contribution < -0.4 is 0 Å². The lowest BCUT2D eigenvalue weighted by Gasteiger charge is -2.09. The first-order chi connectivity index (χ1) is 8.13. The molecule has 3 heteroatoms. The molecule has 0 heterocycles. The maximum atomic E-state index is 5.93. The zero-order valence-electron chi connectivity index (χ0n) is 10.4. The average molecular weight is 253 g/mol. The molecule has 0 spiro atoms. The molecular formula is C14H17ClO2. The van der Waals surface area contributed by atoms with Gasteiger partial charge in [0.1, 0.15) is 6.61 Å². The van der Waals surface area contributed by atoms with Gasteiger partial charge < -0.3 is 9.47 Å². The van der Waals surface area contributed by atoms with Gasteiger partial charge in [0, 0.05) is 17.2 Å². The summed E-state index contributed by atoms with van der Waals surface area (Å²) in [5.41, 5.74) is 1.97. The molecule has 1 rings (SSSR count). The minimum absolute atomic E-state index is 0.207. The van der Waals surface area contributed by atoms with E-state index in [1.165, 1.54) is 0 Å². The van der Waals surface area contributed by atoms with Gasteiger partial charge in [-0.05, 0) is 44.5 Å². The number of aryl methyl sites for hydroxylation is 1. The first-order valence-electron chi connectivity index (χ1n) is 5.61. The van der Waals surface area contributed by atoms with Crippen LogP contribution in [0.15, 0.2) is 18.2 Å². The van der Waals surface area contributed by atoms with Gasteiger partial charge in [0.05, 0.1) is 0 Å². The normalized spacial score (nSPS) is 11.8. The number of ether oxygens (including phenoxy) is 2. The summed E-state index contributed by atoms with van der Waals surface area (Å²) in [4.78, 5) is 0. The predicted octanol–water partition coefficient (Wildman–Crippen LogP) is 3.40. The van der Waals surface area contributed by atoms with Gasteiger partial charge in [-0.1, -0.05) is 23.4 Å². The second-order valence-corrected chi connectivity index (χ2v) is 4.01. The maximum Gasteiger partial charge on any atom is 0.156 e. The molecule has 0 fully saturated rings. The first-order valence-corrected chi connectivity index (χ1v) is 5.99. The Kier molecular flexibility index (Phi) is 6.07. The van der Waals surface area contributed by atoms with E-state index < -0.39 is 0 Å². The quantitative estimate of drug-likeness (QED) is 0.604. The molecule has 0 aliphatic carbocycles. The van der Waals surface area contributed by atoms with Crippen LogP contribution in [0.25, 0.3) is 0 Å². The summed E-state index contributed by atoms with van der Waals surface area (Å²) in [5.74, 6) is 5.96. The molecule has 92 valence electrons. The molecule has 0 aliphatic rings. The van der Waals surface area contributed by atoms with Crippen molar-refractivity contribution < 1.29 is 9.47 Å². The number of hydrogen-bond acceptors (Lipinski definition) is 2. The fraction of sp³-hybridized carbons (Fsp3) is 0.429. The average Bonchev–Trinajstić information content (AvgIpc) is 2.29. The first kappa shape index (κ1) is 14.1. The minimum Gasteiger partial charge on any atom is -0.353 e. The van der Waals surface area contributed by atoms with E-state index in [-0.39, 0.29) is 6.29 Å². The summed E-state index contributed by atoms with van der Waals surface area (Å²) >= 11 is 5.93. The van der Waals surface area contributed by atoms with E-state index in [4.69, 9.17) is 21.1 Å². The second kappa shape index (κ2) is 7.34. The number of hydrogen-bond donors (Lipinski definition) is 0. The number of halogens is 1. The summed E-state index contributed by atoms with van der Waals surface area (Å²) in [6.45, 7) is 6.76. The summed E-state index contributed by atoms with van der Waals surface area (Å²) in [7, 11) is 0. The molecule has 17 heavy (non-hydrogen) atoms. The van der Waals surface area contributed by atoms with E-state index in [1.54, 1.807) is 0 Å². The fourth-order valence-electron chi connectivity index (χ4n) is 1.30. The SMILES string of the molecule is CCOC(C)OCC#Cc1ccc(Cl)c(C)c1. The molecule has 1 aromatic carbocycles. The van der Waals surface area contributed by atoms with Crippen molar-refractivity contribution in [3.63, 3.8) is 0 Å². The molecule has 1 aromatic rings. The minimum atomic E-state index is -0.207. The van der Waals surface area contributed by atoms with Crippen LogP contribution in [0.3, 0.4) is 0 Å². The second-order valence-electron chi connectivity index (χ2n) is 3.60. The molecule has 0 aliphatic heterocycles. The van der Waals surface area contributed by atoms with Crippen LogP contribution in [0.2, 0.25) is 5.02 Å². The Hall–Kier alpha value is -1.01. The highest BCUT2D eigenvalue weighted by atomic mass is 35.5. The van der Waals surface area contributed by atoms with Gasteiger partial charge in [-0.15, -0.1) is 0 Å². The van der Waals surface area contributed by atoms with Crippen molar-refractivity contribution in [1.29, 1.82) is 0 Å². The van der Waals surface area contributed by atoms with Crippen LogP contribution in [-0.2, 0) is 9.47 Å². The zero-order valence-corrected chi connectivity index (χ0v) is 11.2. The molecule has 1 unspecified atom stereocenters. The van der Waals surface area contributed by atoms with Crippen LogP contribution in [-0.4, -0.2) is 19.5 Å². The van der Waals surface area contributed by atoms with E-state index in [9.17, 15) is 0 Å². The topological polar surface area (TPSA) is 18.5 Å². The Balaban J connectivity index is 2.46. The van der Waals surface area contributed by atoms with Gasteiger partial charge in [0.25, 0.3) is 0 Å². The maximum absolute atomic E-state index is 5.93. The van der Waals surface area contributed by atoms with Crippen LogP contribution in [0.1, 0.15) is 25.0 Å². The van der Waals surface area contributed by atoms with Crippen molar-refractivity contribution >= 4 is 11.6 Å². The molecule has 0 radical (unpaired) electrons. The Morgan fingerprint density at radius 3 is 2.76 bits per heavy atom. The van der Waals surface area contributed by atoms with Crippen molar-refractivity contribution in [2.24, 2.45) is 0 Å². The van der Waals surface area contributed by atoms with Gasteiger partial charge in [-0.3, -0.25) is 0 Å². The van der Waals surface area contributed by atoms with E-state index in [1.807, 2.05) is 39.0 Å². The third kappa shape index (κ3) is 5.23. The Morgan fingerprint density at radius 1 is 1.35 bits per heavy atom. The summed E-state index contributed by atoms with van der Waals surface area (Å²) in [5, 5.41) is 0.761. The molecule has 0 aromatic heterocycles. The highest BCUT2D eigenvalue weighted by Gasteiger charge is 1.97. The van der Waals surface area contributed by atoms with E-state index in [2.05, 4.69) is 11.8 Å². The molecule has 0 N–H and O–H groups in total. The predicted molar refractivity (Wildman–Crippen MR) is 70.1 cm³/mol. The Morgan fingerprint density at radius 2 is 2.12 bits per heavy atom. The van der Waals surface area contributed by atoms with Crippen LogP contribution in [0.4, 0.5) is 0 Å². The summed E-state index contributed by atoms with van der Waals surface area (Å²) in [6.07, 6.45) is -0.207. The fourth-order valence-corrected chi connectivity index (χ4v) is 1.42. The van der Waals surface area contributed by atoms with Gasteiger partial charge in [0.15, 0.2) is 6.29 Å². The third-order valence-corrected chi connectivity index (χ3v) is 2.61. The van der Waals surface area contributed by atoms with Crippen molar-refractivity contribution in [1.82, 2.24) is 0 Å². The monoisotopic (exact) mass is 252 g/mol. The third-order valence-electron chi connectivity index (χ3n) is 2.18. The standard InChI is InChI=1S/C14H17ClO2/c1-4-16-12(3)17-9-5-6-13-7-8-14(15)11(2)10-13/h7-8,10,12H,4,9H2,1-3H3. The largest absolute Gasteiger partial charge is 0.353 e. The van der Waals surface area contributed by atoms with Crippen molar-refractivity contribution in [3.05, 3.63) is 34.3 Å². The molecule has 0 bridgehead atoms. The van der Waals surface area contributed by atoms with Gasteiger partial charge in [-0.2, -0.15) is 0 Å². The molecule has 2 nitrogen and oxygen atoms in total. The molecule has 1 atom stereocenters. The van der Waals surface area contributed by atoms with E-state index >= 15 is 0 Å². The van der Waals surface area contributed by atoms with Crippen LogP contribution >= 0.6 is 11.6 Å². The van der Waals surface area contributed by atoms with Crippen molar-refractivity contribution in [2.45, 2.75) is 27.1 Å². The van der Waals surface area contributed by atoms with E-state index in [0.29, 0.717) is 13.2 Å². The van der Waals surface area contributed by atoms with Crippen molar-refractivity contribution in [3.8, 4) is 11.8 Å². The lowest BCUT2D eigenvalue weighted by Crippen LogP contribution is -2.12.